The summed E-state index contributed by atoms with van der Waals surface area (Å²) in [5, 5.41) is 5.13. The standard InChI is InChI=1S/C11H20Cl2N4/c1-3-17-10(11(13)8(2)16-17)7-9(15-14)5-4-6-12/h9,15H,3-7,14H2,1-2H3. The van der Waals surface area contributed by atoms with Gasteiger partial charge in [0.1, 0.15) is 0 Å². The number of hydrogen-bond acceptors (Lipinski definition) is 3. The number of halogens is 2. The Kier molecular flexibility index (Phi) is 6.27. The zero-order chi connectivity index (χ0) is 12.8. The zero-order valence-electron chi connectivity index (χ0n) is 10.3. The Bertz CT molecular complexity index is 351. The van der Waals surface area contributed by atoms with E-state index in [0.717, 1.165) is 42.2 Å². The molecule has 1 heterocycles. The van der Waals surface area contributed by atoms with Crippen LogP contribution in [0.2, 0.25) is 5.02 Å². The number of hydrazine groups is 1. The lowest BCUT2D eigenvalue weighted by molar-refractivity contribution is 0.468. The van der Waals surface area contributed by atoms with Crippen molar-refractivity contribution in [1.82, 2.24) is 15.2 Å². The first-order chi connectivity index (χ1) is 8.13. The SMILES string of the molecule is CCn1nc(C)c(Cl)c1CC(CCCCl)NN. The number of nitrogens with one attached hydrogen (secondary N) is 1. The van der Waals surface area contributed by atoms with E-state index in [1.54, 1.807) is 0 Å². The van der Waals surface area contributed by atoms with Crippen LogP contribution >= 0.6 is 23.2 Å². The van der Waals surface area contributed by atoms with Gasteiger partial charge in [-0.3, -0.25) is 16.0 Å². The lowest BCUT2D eigenvalue weighted by atomic mass is 10.1. The van der Waals surface area contributed by atoms with Crippen LogP contribution in [0.5, 0.6) is 0 Å². The zero-order valence-corrected chi connectivity index (χ0v) is 11.9. The number of alkyl halides is 1. The van der Waals surface area contributed by atoms with E-state index < -0.39 is 0 Å². The van der Waals surface area contributed by atoms with Crippen molar-refractivity contribution in [3.05, 3.63) is 16.4 Å². The second-order valence-corrected chi connectivity index (χ2v) is 4.82. The fraction of sp³-hybridized carbons (Fsp3) is 0.727. The maximum Gasteiger partial charge on any atom is 0.0847 e. The summed E-state index contributed by atoms with van der Waals surface area (Å²) in [6.45, 7) is 4.78. The molecule has 0 radical (unpaired) electrons. The van der Waals surface area contributed by atoms with E-state index >= 15 is 0 Å². The predicted octanol–water partition coefficient (Wildman–Crippen LogP) is 2.26. The third-order valence-electron chi connectivity index (χ3n) is 2.81. The Morgan fingerprint density at radius 3 is 2.76 bits per heavy atom. The summed E-state index contributed by atoms with van der Waals surface area (Å²) >= 11 is 11.9. The topological polar surface area (TPSA) is 55.9 Å². The molecule has 4 nitrogen and oxygen atoms in total. The normalized spacial score (nSPS) is 13.0. The van der Waals surface area contributed by atoms with Gasteiger partial charge in [0, 0.05) is 24.9 Å². The van der Waals surface area contributed by atoms with Gasteiger partial charge in [-0.15, -0.1) is 11.6 Å². The van der Waals surface area contributed by atoms with Crippen LogP contribution in [-0.4, -0.2) is 21.7 Å². The first kappa shape index (κ1) is 14.8. The molecule has 17 heavy (non-hydrogen) atoms. The highest BCUT2D eigenvalue weighted by Gasteiger charge is 2.16. The van der Waals surface area contributed by atoms with Crippen LogP contribution in [0.4, 0.5) is 0 Å². The van der Waals surface area contributed by atoms with Gasteiger partial charge in [-0.25, -0.2) is 0 Å². The molecule has 0 saturated carbocycles. The molecule has 3 N–H and O–H groups in total. The van der Waals surface area contributed by atoms with E-state index in [1.165, 1.54) is 0 Å². The van der Waals surface area contributed by atoms with Crippen molar-refractivity contribution in [2.24, 2.45) is 5.84 Å². The van der Waals surface area contributed by atoms with Gasteiger partial charge in [-0.05, 0) is 26.7 Å². The van der Waals surface area contributed by atoms with Gasteiger partial charge in [0.2, 0.25) is 0 Å². The molecular weight excluding hydrogens is 259 g/mol. The van der Waals surface area contributed by atoms with Crippen molar-refractivity contribution < 1.29 is 0 Å². The molecule has 6 heteroatoms. The molecule has 0 aliphatic heterocycles. The summed E-state index contributed by atoms with van der Waals surface area (Å²) in [7, 11) is 0. The molecule has 0 saturated heterocycles. The first-order valence-electron chi connectivity index (χ1n) is 5.87. The second-order valence-electron chi connectivity index (χ2n) is 4.06. The van der Waals surface area contributed by atoms with Gasteiger partial charge in [0.05, 0.1) is 16.4 Å². The van der Waals surface area contributed by atoms with E-state index in [-0.39, 0.29) is 6.04 Å². The average molecular weight is 279 g/mol. The molecule has 0 aliphatic rings. The van der Waals surface area contributed by atoms with E-state index in [4.69, 9.17) is 29.0 Å². The minimum absolute atomic E-state index is 0.188. The number of aryl methyl sites for hydroxylation is 2. The summed E-state index contributed by atoms with van der Waals surface area (Å²) < 4.78 is 1.93. The van der Waals surface area contributed by atoms with Crippen LogP contribution in [0.25, 0.3) is 0 Å². The van der Waals surface area contributed by atoms with E-state index in [9.17, 15) is 0 Å². The maximum atomic E-state index is 6.25. The third-order valence-corrected chi connectivity index (χ3v) is 3.57. The molecule has 0 aliphatic carbocycles. The lowest BCUT2D eigenvalue weighted by Gasteiger charge is -2.16. The van der Waals surface area contributed by atoms with Crippen molar-refractivity contribution in [3.63, 3.8) is 0 Å². The largest absolute Gasteiger partial charge is 0.271 e. The Morgan fingerprint density at radius 2 is 2.24 bits per heavy atom. The highest BCUT2D eigenvalue weighted by Crippen LogP contribution is 2.22. The van der Waals surface area contributed by atoms with Gasteiger partial charge in [-0.2, -0.15) is 5.10 Å². The number of aromatic nitrogens is 2. The molecule has 98 valence electrons. The molecule has 0 spiro atoms. The van der Waals surface area contributed by atoms with Crippen LogP contribution in [-0.2, 0) is 13.0 Å². The summed E-state index contributed by atoms with van der Waals surface area (Å²) in [4.78, 5) is 0. The second kappa shape index (κ2) is 7.21. The van der Waals surface area contributed by atoms with Gasteiger partial charge in [0.25, 0.3) is 0 Å². The van der Waals surface area contributed by atoms with Gasteiger partial charge >= 0.3 is 0 Å². The van der Waals surface area contributed by atoms with Crippen LogP contribution in [0, 0.1) is 6.92 Å². The maximum absolute atomic E-state index is 6.25. The molecule has 0 aromatic carbocycles. The Hall–Kier alpha value is -0.290. The van der Waals surface area contributed by atoms with Crippen molar-refractivity contribution in [3.8, 4) is 0 Å². The summed E-state index contributed by atoms with van der Waals surface area (Å²) in [6.07, 6.45) is 2.65. The average Bonchev–Trinajstić information content (AvgIpc) is 2.61. The number of nitrogens with zero attached hydrogens (tertiary/aromatic N) is 2. The number of rotatable bonds is 7. The smallest absolute Gasteiger partial charge is 0.0847 e. The summed E-state index contributed by atoms with van der Waals surface area (Å²) in [5.41, 5.74) is 4.73. The van der Waals surface area contributed by atoms with Crippen LogP contribution in [0.3, 0.4) is 0 Å². The van der Waals surface area contributed by atoms with Crippen LogP contribution < -0.4 is 11.3 Å². The Balaban J connectivity index is 2.77. The van der Waals surface area contributed by atoms with Crippen molar-refractivity contribution in [2.45, 2.75) is 45.7 Å². The summed E-state index contributed by atoms with van der Waals surface area (Å²) in [5.74, 6) is 6.19. The van der Waals surface area contributed by atoms with Crippen LogP contribution in [0.15, 0.2) is 0 Å². The van der Waals surface area contributed by atoms with Crippen molar-refractivity contribution in [1.29, 1.82) is 0 Å². The predicted molar refractivity (Wildman–Crippen MR) is 72.4 cm³/mol. The molecule has 1 aromatic rings. The van der Waals surface area contributed by atoms with Crippen molar-refractivity contribution in [2.75, 3.05) is 5.88 Å². The highest BCUT2D eigenvalue weighted by molar-refractivity contribution is 6.31. The van der Waals surface area contributed by atoms with Gasteiger partial charge < -0.3 is 0 Å². The molecular formula is C11H20Cl2N4. The van der Waals surface area contributed by atoms with Crippen LogP contribution in [0.1, 0.15) is 31.2 Å². The molecule has 0 amide bonds. The molecule has 0 bridgehead atoms. The Labute approximate surface area is 112 Å². The molecule has 0 fully saturated rings. The highest BCUT2D eigenvalue weighted by atomic mass is 35.5. The molecule has 1 unspecified atom stereocenters. The monoisotopic (exact) mass is 278 g/mol. The first-order valence-corrected chi connectivity index (χ1v) is 6.79. The summed E-state index contributed by atoms with van der Waals surface area (Å²) in [6, 6.07) is 0.188. The Morgan fingerprint density at radius 1 is 1.53 bits per heavy atom. The van der Waals surface area contributed by atoms with E-state index in [2.05, 4.69) is 17.4 Å². The minimum Gasteiger partial charge on any atom is -0.271 e. The van der Waals surface area contributed by atoms with Gasteiger partial charge in [0.15, 0.2) is 0 Å². The van der Waals surface area contributed by atoms with Gasteiger partial charge in [-0.1, -0.05) is 11.6 Å². The fourth-order valence-corrected chi connectivity index (χ4v) is 2.23. The van der Waals surface area contributed by atoms with E-state index in [0.29, 0.717) is 5.88 Å². The fourth-order valence-electron chi connectivity index (χ4n) is 1.87. The molecule has 1 aromatic heterocycles. The third kappa shape index (κ3) is 3.85. The quantitative estimate of drug-likeness (QED) is 0.457. The van der Waals surface area contributed by atoms with Crippen molar-refractivity contribution >= 4 is 23.2 Å². The minimum atomic E-state index is 0.188. The number of hydrogen-bond donors (Lipinski definition) is 2. The number of nitrogens with two attached hydrogens (primary N) is 1. The molecule has 1 rings (SSSR count). The molecule has 1 atom stereocenters. The lowest BCUT2D eigenvalue weighted by Crippen LogP contribution is -2.37. The van der Waals surface area contributed by atoms with E-state index in [1.807, 2.05) is 11.6 Å².